The van der Waals surface area contributed by atoms with Crippen LogP contribution in [0.3, 0.4) is 0 Å². The molecule has 0 fully saturated rings. The van der Waals surface area contributed by atoms with E-state index in [1.54, 1.807) is 6.08 Å². The Balaban J connectivity index is 2.32. The lowest BCUT2D eigenvalue weighted by molar-refractivity contribution is 0.253. The molecule has 0 aliphatic rings. The van der Waals surface area contributed by atoms with Gasteiger partial charge in [0.25, 0.3) is 0 Å². The largest absolute Gasteiger partial charge is 0.334 e. The molecule has 5 nitrogen and oxygen atoms in total. The lowest BCUT2D eigenvalue weighted by atomic mass is 10.6. The van der Waals surface area contributed by atoms with Gasteiger partial charge in [0.05, 0.1) is 17.9 Å². The van der Waals surface area contributed by atoms with Crippen LogP contribution in [0.15, 0.2) is 18.9 Å². The highest BCUT2D eigenvalue weighted by Gasteiger charge is 2.00. The zero-order valence-electron chi connectivity index (χ0n) is 6.28. The normalized spacial score (nSPS) is 9.00. The molecular weight excluding hydrogens is 176 g/mol. The number of carbonyl (C=O) groups is 1. The van der Waals surface area contributed by atoms with Crippen LogP contribution in [0.25, 0.3) is 0 Å². The molecule has 0 saturated heterocycles. The first kappa shape index (κ1) is 8.66. The fourth-order valence-electron chi connectivity index (χ4n) is 0.545. The fraction of sp³-hybridized carbons (Fsp3) is 0.167. The molecule has 0 aliphatic carbocycles. The predicted octanol–water partition coefficient (Wildman–Crippen LogP) is 0.846. The number of nitrogens with one attached hydrogen (secondary N) is 2. The standard InChI is InChI=1S/C6H8N4OS/c1-2-3-7-6(11)9-5-4-8-12-10-5/h2,4H,1,3H2,(H2,7,9,10,11). The Labute approximate surface area is 73.8 Å². The molecule has 6 heteroatoms. The topological polar surface area (TPSA) is 66.9 Å². The maximum absolute atomic E-state index is 10.9. The molecule has 1 aromatic rings. The Morgan fingerprint density at radius 2 is 2.67 bits per heavy atom. The summed E-state index contributed by atoms with van der Waals surface area (Å²) in [7, 11) is 0. The molecule has 2 N–H and O–H groups in total. The SMILES string of the molecule is C=CCNC(=O)Nc1cnsn1. The Hall–Kier alpha value is -1.43. The summed E-state index contributed by atoms with van der Waals surface area (Å²) in [6.07, 6.45) is 3.08. The molecule has 1 aromatic heterocycles. The second-order valence-electron chi connectivity index (χ2n) is 1.92. The zero-order chi connectivity index (χ0) is 8.81. The molecule has 1 heterocycles. The van der Waals surface area contributed by atoms with Crippen LogP contribution in [0.1, 0.15) is 0 Å². The minimum Gasteiger partial charge on any atom is -0.334 e. The minimum atomic E-state index is -0.303. The summed E-state index contributed by atoms with van der Waals surface area (Å²) in [6.45, 7) is 3.90. The van der Waals surface area contributed by atoms with Gasteiger partial charge in [0.2, 0.25) is 0 Å². The first-order valence-corrected chi connectivity index (χ1v) is 3.99. The smallest absolute Gasteiger partial charge is 0.320 e. The summed E-state index contributed by atoms with van der Waals surface area (Å²) in [5.41, 5.74) is 0. The average Bonchev–Trinajstić information content (AvgIpc) is 2.53. The first-order chi connectivity index (χ1) is 5.83. The molecule has 2 amide bonds. The van der Waals surface area contributed by atoms with Crippen LogP contribution in [0, 0.1) is 0 Å². The maximum atomic E-state index is 10.9. The molecule has 64 valence electrons. The number of hydrogen-bond donors (Lipinski definition) is 2. The van der Waals surface area contributed by atoms with Crippen molar-refractivity contribution in [3.63, 3.8) is 0 Å². The monoisotopic (exact) mass is 184 g/mol. The molecule has 0 saturated carbocycles. The Bertz CT molecular complexity index is 259. The Kier molecular flexibility index (Phi) is 3.21. The van der Waals surface area contributed by atoms with Gasteiger partial charge in [-0.3, -0.25) is 5.32 Å². The van der Waals surface area contributed by atoms with Gasteiger partial charge in [-0.15, -0.1) is 6.58 Å². The number of urea groups is 1. The van der Waals surface area contributed by atoms with Gasteiger partial charge in [-0.1, -0.05) is 6.08 Å². The van der Waals surface area contributed by atoms with Crippen molar-refractivity contribution in [2.24, 2.45) is 0 Å². The average molecular weight is 184 g/mol. The third-order valence-electron chi connectivity index (χ3n) is 1.01. The molecule has 0 atom stereocenters. The molecule has 1 rings (SSSR count). The number of carbonyl (C=O) groups excluding carboxylic acids is 1. The van der Waals surface area contributed by atoms with Crippen LogP contribution >= 0.6 is 11.7 Å². The van der Waals surface area contributed by atoms with Gasteiger partial charge >= 0.3 is 6.03 Å². The van der Waals surface area contributed by atoms with E-state index in [9.17, 15) is 4.79 Å². The highest BCUT2D eigenvalue weighted by molar-refractivity contribution is 6.99. The summed E-state index contributed by atoms with van der Waals surface area (Å²) in [6, 6.07) is -0.303. The fourth-order valence-corrected chi connectivity index (χ4v) is 0.920. The van der Waals surface area contributed by atoms with Gasteiger partial charge in [-0.25, -0.2) is 4.79 Å². The molecule has 0 spiro atoms. The van der Waals surface area contributed by atoms with Gasteiger partial charge in [0.1, 0.15) is 0 Å². The predicted molar refractivity (Wildman–Crippen MR) is 47.1 cm³/mol. The Morgan fingerprint density at radius 1 is 1.83 bits per heavy atom. The van der Waals surface area contributed by atoms with Crippen LogP contribution in [0.2, 0.25) is 0 Å². The van der Waals surface area contributed by atoms with Crippen molar-refractivity contribution >= 4 is 23.6 Å². The lowest BCUT2D eigenvalue weighted by Gasteiger charge is -2.00. The first-order valence-electron chi connectivity index (χ1n) is 3.26. The number of hydrogen-bond acceptors (Lipinski definition) is 4. The van der Waals surface area contributed by atoms with Crippen molar-refractivity contribution in [2.75, 3.05) is 11.9 Å². The molecular formula is C6H8N4OS. The second kappa shape index (κ2) is 4.45. The van der Waals surface area contributed by atoms with Crippen molar-refractivity contribution < 1.29 is 4.79 Å². The van der Waals surface area contributed by atoms with Crippen LogP contribution in [-0.4, -0.2) is 21.3 Å². The summed E-state index contributed by atoms with van der Waals surface area (Å²) in [5, 5.41) is 5.04. The van der Waals surface area contributed by atoms with E-state index in [4.69, 9.17) is 0 Å². The number of anilines is 1. The van der Waals surface area contributed by atoms with Crippen molar-refractivity contribution in [1.82, 2.24) is 14.1 Å². The van der Waals surface area contributed by atoms with E-state index in [2.05, 4.69) is 26.0 Å². The summed E-state index contributed by atoms with van der Waals surface area (Å²) < 4.78 is 7.52. The number of aromatic nitrogens is 2. The van der Waals surface area contributed by atoms with Gasteiger partial charge in [0.15, 0.2) is 5.82 Å². The van der Waals surface area contributed by atoms with E-state index >= 15 is 0 Å². The van der Waals surface area contributed by atoms with E-state index in [-0.39, 0.29) is 6.03 Å². The molecule has 0 bridgehead atoms. The van der Waals surface area contributed by atoms with E-state index in [1.807, 2.05) is 0 Å². The molecule has 0 aromatic carbocycles. The number of rotatable bonds is 3. The molecule has 0 aliphatic heterocycles. The quantitative estimate of drug-likeness (QED) is 0.684. The maximum Gasteiger partial charge on any atom is 0.320 e. The van der Waals surface area contributed by atoms with Crippen molar-refractivity contribution in [2.45, 2.75) is 0 Å². The summed E-state index contributed by atoms with van der Waals surface area (Å²) >= 11 is 1.04. The van der Waals surface area contributed by atoms with Gasteiger partial charge in [-0.05, 0) is 0 Å². The van der Waals surface area contributed by atoms with E-state index in [0.717, 1.165) is 11.7 Å². The van der Waals surface area contributed by atoms with E-state index in [0.29, 0.717) is 12.4 Å². The van der Waals surface area contributed by atoms with Gasteiger partial charge in [0, 0.05) is 6.54 Å². The van der Waals surface area contributed by atoms with Crippen molar-refractivity contribution in [3.05, 3.63) is 18.9 Å². The highest BCUT2D eigenvalue weighted by atomic mass is 32.1. The number of nitrogens with zero attached hydrogens (tertiary/aromatic N) is 2. The highest BCUT2D eigenvalue weighted by Crippen LogP contribution is 2.00. The van der Waals surface area contributed by atoms with Crippen LogP contribution in [-0.2, 0) is 0 Å². The second-order valence-corrected chi connectivity index (χ2v) is 2.47. The Morgan fingerprint density at radius 3 is 3.25 bits per heavy atom. The zero-order valence-corrected chi connectivity index (χ0v) is 7.10. The third-order valence-corrected chi connectivity index (χ3v) is 1.49. The number of amides is 2. The van der Waals surface area contributed by atoms with E-state index in [1.165, 1.54) is 6.20 Å². The van der Waals surface area contributed by atoms with Gasteiger partial charge in [-0.2, -0.15) is 8.75 Å². The molecule has 0 radical (unpaired) electrons. The van der Waals surface area contributed by atoms with Gasteiger partial charge < -0.3 is 5.32 Å². The van der Waals surface area contributed by atoms with E-state index < -0.39 is 0 Å². The molecule has 0 unspecified atom stereocenters. The summed E-state index contributed by atoms with van der Waals surface area (Å²) in [5.74, 6) is 0.460. The third kappa shape index (κ3) is 2.67. The summed E-state index contributed by atoms with van der Waals surface area (Å²) in [4.78, 5) is 10.9. The van der Waals surface area contributed by atoms with Crippen LogP contribution in [0.4, 0.5) is 10.6 Å². The van der Waals surface area contributed by atoms with Crippen molar-refractivity contribution in [1.29, 1.82) is 0 Å². The molecule has 12 heavy (non-hydrogen) atoms. The lowest BCUT2D eigenvalue weighted by Crippen LogP contribution is -2.28. The van der Waals surface area contributed by atoms with Crippen molar-refractivity contribution in [3.8, 4) is 0 Å². The van der Waals surface area contributed by atoms with Crippen LogP contribution in [0.5, 0.6) is 0 Å². The minimum absolute atomic E-state index is 0.303. The van der Waals surface area contributed by atoms with Crippen LogP contribution < -0.4 is 10.6 Å².